The van der Waals surface area contributed by atoms with Crippen molar-refractivity contribution in [3.05, 3.63) is 84.2 Å². The summed E-state index contributed by atoms with van der Waals surface area (Å²) in [6, 6.07) is 17.4. The van der Waals surface area contributed by atoms with Gasteiger partial charge in [0.25, 0.3) is 0 Å². The summed E-state index contributed by atoms with van der Waals surface area (Å²) in [5.41, 5.74) is 4.11. The summed E-state index contributed by atoms with van der Waals surface area (Å²) in [6.07, 6.45) is -3.33. The van der Waals surface area contributed by atoms with Crippen LogP contribution in [0.3, 0.4) is 0 Å². The number of thioether (sulfide) groups is 1. The Bertz CT molecular complexity index is 1670. The number of hydrogen-bond acceptors (Lipinski definition) is 6. The Kier molecular flexibility index (Phi) is 8.03. The van der Waals surface area contributed by atoms with Crippen molar-refractivity contribution in [3.8, 4) is 22.8 Å². The van der Waals surface area contributed by atoms with Crippen LogP contribution in [0.1, 0.15) is 30.9 Å². The number of aromatic nitrogens is 3. The van der Waals surface area contributed by atoms with Gasteiger partial charge in [0.15, 0.2) is 11.0 Å². The number of anilines is 2. The number of urea groups is 1. The van der Waals surface area contributed by atoms with Crippen molar-refractivity contribution in [2.45, 2.75) is 33.1 Å². The van der Waals surface area contributed by atoms with Crippen LogP contribution in [0.15, 0.2) is 78.0 Å². The topological polar surface area (TPSA) is 102 Å². The summed E-state index contributed by atoms with van der Waals surface area (Å²) in [6.45, 7) is 5.88. The molecule has 4 aromatic rings. The van der Waals surface area contributed by atoms with Gasteiger partial charge in [-0.15, -0.1) is 18.3 Å². The van der Waals surface area contributed by atoms with Crippen molar-refractivity contribution in [2.24, 2.45) is 4.99 Å². The van der Waals surface area contributed by atoms with Gasteiger partial charge in [-0.05, 0) is 72.5 Å². The first-order valence-corrected chi connectivity index (χ1v) is 13.8. The third-order valence-electron chi connectivity index (χ3n) is 6.32. The van der Waals surface area contributed by atoms with Gasteiger partial charge in [-0.3, -0.25) is 9.69 Å². The van der Waals surface area contributed by atoms with Crippen LogP contribution in [0.5, 0.6) is 5.75 Å². The quantitative estimate of drug-likeness (QED) is 0.260. The monoisotopic (exact) mass is 594 g/mol. The van der Waals surface area contributed by atoms with Crippen molar-refractivity contribution in [3.63, 3.8) is 0 Å². The molecule has 1 fully saturated rings. The van der Waals surface area contributed by atoms with Crippen LogP contribution in [0.4, 0.5) is 29.3 Å². The van der Waals surface area contributed by atoms with Gasteiger partial charge in [0, 0.05) is 11.3 Å². The number of benzene rings is 3. The molecule has 5 rings (SSSR count). The van der Waals surface area contributed by atoms with Gasteiger partial charge in [-0.1, -0.05) is 43.8 Å². The molecule has 1 aliphatic rings. The molecule has 3 aromatic carbocycles. The van der Waals surface area contributed by atoms with Gasteiger partial charge in [-0.2, -0.15) is 4.99 Å². The molecule has 1 saturated heterocycles. The number of amidine groups is 1. The number of nitrogens with one attached hydrogen (secondary N) is 1. The molecule has 9 nitrogen and oxygen atoms in total. The summed E-state index contributed by atoms with van der Waals surface area (Å²) in [4.78, 5) is 35.6. The third-order valence-corrected chi connectivity index (χ3v) is 7.24. The molecule has 2 heterocycles. The average molecular weight is 595 g/mol. The maximum absolute atomic E-state index is 12.9. The first-order chi connectivity index (χ1) is 20.0. The molecule has 3 amide bonds. The summed E-state index contributed by atoms with van der Waals surface area (Å²) in [7, 11) is 0. The van der Waals surface area contributed by atoms with E-state index in [9.17, 15) is 22.8 Å². The number of carbonyl (C=O) groups is 2. The summed E-state index contributed by atoms with van der Waals surface area (Å²) >= 11 is 1.21. The van der Waals surface area contributed by atoms with E-state index in [2.05, 4.69) is 25.1 Å². The molecule has 0 saturated carbocycles. The fourth-order valence-corrected chi connectivity index (χ4v) is 5.21. The van der Waals surface area contributed by atoms with E-state index in [1.807, 2.05) is 45.0 Å². The van der Waals surface area contributed by atoms with Gasteiger partial charge in [-0.25, -0.2) is 14.5 Å². The normalized spacial score (nSPS) is 14.6. The van der Waals surface area contributed by atoms with Gasteiger partial charge < -0.3 is 10.1 Å². The lowest BCUT2D eigenvalue weighted by Gasteiger charge is -2.21. The zero-order valence-corrected chi connectivity index (χ0v) is 23.5. The Labute approximate surface area is 243 Å². The Morgan fingerprint density at radius 2 is 1.83 bits per heavy atom. The summed E-state index contributed by atoms with van der Waals surface area (Å²) in [5.74, 6) is 0.272. The number of aliphatic imine (C=N–C) groups is 1. The van der Waals surface area contributed by atoms with E-state index in [1.165, 1.54) is 51.9 Å². The summed E-state index contributed by atoms with van der Waals surface area (Å²) in [5, 5.41) is 7.50. The zero-order chi connectivity index (χ0) is 30.0. The lowest BCUT2D eigenvalue weighted by Crippen LogP contribution is -2.31. The average Bonchev–Trinajstić information content (AvgIpc) is 3.56. The molecule has 1 aromatic heterocycles. The van der Waals surface area contributed by atoms with E-state index in [4.69, 9.17) is 0 Å². The first-order valence-electron chi connectivity index (χ1n) is 12.8. The number of alkyl halides is 3. The predicted molar refractivity (Wildman–Crippen MR) is 155 cm³/mol. The molecule has 0 aliphatic carbocycles. The highest BCUT2D eigenvalue weighted by molar-refractivity contribution is 8.15. The third kappa shape index (κ3) is 6.46. The SMILES string of the molecule is Cc1cc(-c2ncn(-c3ccc(OC(F)(F)F)cc3)n2)ccc1NC(=O)N=C1SCC(=O)N1c1ccccc1C(C)C. The highest BCUT2D eigenvalue weighted by Crippen LogP contribution is 2.33. The molecule has 1 N–H and O–H groups in total. The van der Waals surface area contributed by atoms with Crippen molar-refractivity contribution in [1.29, 1.82) is 0 Å². The highest BCUT2D eigenvalue weighted by Gasteiger charge is 2.32. The molecular formula is C29H25F3N6O3S. The van der Waals surface area contributed by atoms with E-state index < -0.39 is 12.4 Å². The van der Waals surface area contributed by atoms with Gasteiger partial charge in [0.1, 0.15) is 12.1 Å². The lowest BCUT2D eigenvalue weighted by atomic mass is 10.0. The smallest absolute Gasteiger partial charge is 0.406 e. The van der Waals surface area contributed by atoms with Crippen LogP contribution in [0.2, 0.25) is 0 Å². The number of para-hydroxylation sites is 1. The Morgan fingerprint density at radius 1 is 1.10 bits per heavy atom. The molecule has 0 spiro atoms. The van der Waals surface area contributed by atoms with Crippen molar-refractivity contribution in [2.75, 3.05) is 16.0 Å². The van der Waals surface area contributed by atoms with Crippen LogP contribution in [0, 0.1) is 6.92 Å². The number of hydrogen-bond donors (Lipinski definition) is 1. The molecule has 0 unspecified atom stereocenters. The fourth-order valence-electron chi connectivity index (χ4n) is 4.35. The van der Waals surface area contributed by atoms with E-state index in [-0.39, 0.29) is 23.3 Å². The van der Waals surface area contributed by atoms with Gasteiger partial charge in [0.2, 0.25) is 5.91 Å². The number of aryl methyl sites for hydroxylation is 1. The molecule has 13 heteroatoms. The largest absolute Gasteiger partial charge is 0.573 e. The zero-order valence-electron chi connectivity index (χ0n) is 22.7. The molecule has 1 aliphatic heterocycles. The number of amides is 3. The molecular weight excluding hydrogens is 569 g/mol. The fraction of sp³-hybridized carbons (Fsp3) is 0.207. The van der Waals surface area contributed by atoms with E-state index in [1.54, 1.807) is 18.2 Å². The lowest BCUT2D eigenvalue weighted by molar-refractivity contribution is -0.274. The standard InChI is InChI=1S/C29H25F3N6O3S/c1-17(2)22-6-4-5-7-24(22)38-25(39)15-42-28(38)35-27(40)34-23-13-8-19(14-18(23)3)26-33-16-37(36-26)20-9-11-21(12-10-20)41-29(30,31)32/h4-14,16-17H,15H2,1-3H3,(H,34,40). The second-order valence-corrected chi connectivity index (χ2v) is 10.6. The highest BCUT2D eigenvalue weighted by atomic mass is 32.2. The molecule has 0 atom stereocenters. The minimum atomic E-state index is -4.77. The van der Waals surface area contributed by atoms with Crippen LogP contribution in [0.25, 0.3) is 17.1 Å². The molecule has 42 heavy (non-hydrogen) atoms. The van der Waals surface area contributed by atoms with Crippen molar-refractivity contribution in [1.82, 2.24) is 14.8 Å². The number of halogens is 3. The number of nitrogens with zero attached hydrogens (tertiary/aromatic N) is 5. The maximum atomic E-state index is 12.9. The van der Waals surface area contributed by atoms with Crippen molar-refractivity contribution >= 4 is 40.2 Å². The van der Waals surface area contributed by atoms with Crippen LogP contribution in [-0.2, 0) is 4.79 Å². The summed E-state index contributed by atoms with van der Waals surface area (Å²) < 4.78 is 42.6. The van der Waals surface area contributed by atoms with Gasteiger partial charge >= 0.3 is 12.4 Å². The molecule has 0 radical (unpaired) electrons. The Hall–Kier alpha value is -4.65. The Balaban J connectivity index is 1.30. The van der Waals surface area contributed by atoms with Crippen LogP contribution >= 0.6 is 11.8 Å². The minimum Gasteiger partial charge on any atom is -0.406 e. The second-order valence-electron chi connectivity index (χ2n) is 9.64. The Morgan fingerprint density at radius 3 is 2.52 bits per heavy atom. The van der Waals surface area contributed by atoms with Crippen molar-refractivity contribution < 1.29 is 27.5 Å². The van der Waals surface area contributed by atoms with Gasteiger partial charge in [0.05, 0.1) is 17.1 Å². The minimum absolute atomic E-state index is 0.141. The van der Waals surface area contributed by atoms with E-state index in [0.29, 0.717) is 33.6 Å². The van der Waals surface area contributed by atoms with Crippen LogP contribution < -0.4 is 15.0 Å². The first kappa shape index (κ1) is 28.9. The van der Waals surface area contributed by atoms with E-state index >= 15 is 0 Å². The van der Waals surface area contributed by atoms with E-state index in [0.717, 1.165) is 11.1 Å². The molecule has 0 bridgehead atoms. The molecule has 216 valence electrons. The maximum Gasteiger partial charge on any atom is 0.573 e. The van der Waals surface area contributed by atoms with Crippen LogP contribution in [-0.4, -0.2) is 44.0 Å². The number of rotatable bonds is 6. The second kappa shape index (κ2) is 11.7. The number of ether oxygens (including phenoxy) is 1. The number of carbonyl (C=O) groups excluding carboxylic acids is 2. The predicted octanol–water partition coefficient (Wildman–Crippen LogP) is 6.93.